The van der Waals surface area contributed by atoms with Crippen molar-refractivity contribution in [2.75, 3.05) is 5.32 Å². The van der Waals surface area contributed by atoms with E-state index in [1.807, 2.05) is 25.3 Å². The summed E-state index contributed by atoms with van der Waals surface area (Å²) in [6.45, 7) is 4.79. The molecule has 2 rings (SSSR count). The molecule has 88 valence electrons. The first kappa shape index (κ1) is 11.5. The second-order valence-electron chi connectivity index (χ2n) is 3.91. The molecular formula is C13H16N4. The Labute approximate surface area is 101 Å². The van der Waals surface area contributed by atoms with Gasteiger partial charge in [0.25, 0.3) is 0 Å². The maximum atomic E-state index is 4.25. The van der Waals surface area contributed by atoms with Gasteiger partial charge in [-0.25, -0.2) is 9.97 Å². The monoisotopic (exact) mass is 228 g/mol. The number of hydrogen-bond donors (Lipinski definition) is 1. The Hall–Kier alpha value is -1.97. The molecule has 0 atom stereocenters. The molecule has 0 aliphatic heterocycles. The molecule has 4 nitrogen and oxygen atoms in total. The molecule has 0 saturated heterocycles. The largest absolute Gasteiger partial charge is 0.366 e. The molecule has 0 spiro atoms. The van der Waals surface area contributed by atoms with Gasteiger partial charge in [0.2, 0.25) is 0 Å². The Morgan fingerprint density at radius 1 is 1.18 bits per heavy atom. The van der Waals surface area contributed by atoms with Gasteiger partial charge < -0.3 is 5.32 Å². The number of nitrogens with one attached hydrogen (secondary N) is 1. The molecule has 0 aliphatic carbocycles. The van der Waals surface area contributed by atoms with Crippen LogP contribution >= 0.6 is 0 Å². The first-order valence-corrected chi connectivity index (χ1v) is 5.74. The van der Waals surface area contributed by atoms with Crippen LogP contribution in [0.3, 0.4) is 0 Å². The van der Waals surface area contributed by atoms with Gasteiger partial charge in [-0.05, 0) is 25.0 Å². The fraction of sp³-hybridized carbons (Fsp3) is 0.308. The second kappa shape index (κ2) is 5.39. The summed E-state index contributed by atoms with van der Waals surface area (Å²) in [5.74, 6) is 0.859. The van der Waals surface area contributed by atoms with Gasteiger partial charge in [-0.15, -0.1) is 0 Å². The average Bonchev–Trinajstić information content (AvgIpc) is 2.38. The number of nitrogens with zero attached hydrogens (tertiary/aromatic N) is 3. The van der Waals surface area contributed by atoms with Crippen LogP contribution in [0.15, 0.2) is 30.7 Å². The van der Waals surface area contributed by atoms with Crippen molar-refractivity contribution in [1.29, 1.82) is 0 Å². The van der Waals surface area contributed by atoms with E-state index in [1.165, 1.54) is 0 Å². The van der Waals surface area contributed by atoms with Crippen molar-refractivity contribution in [1.82, 2.24) is 15.0 Å². The van der Waals surface area contributed by atoms with E-state index in [9.17, 15) is 0 Å². The zero-order chi connectivity index (χ0) is 12.1. The lowest BCUT2D eigenvalue weighted by Crippen LogP contribution is -2.03. The molecule has 2 aromatic heterocycles. The summed E-state index contributed by atoms with van der Waals surface area (Å²) in [7, 11) is 0. The highest BCUT2D eigenvalue weighted by molar-refractivity contribution is 5.35. The molecule has 17 heavy (non-hydrogen) atoms. The first-order valence-electron chi connectivity index (χ1n) is 5.74. The molecule has 0 saturated carbocycles. The molecule has 0 fully saturated rings. The van der Waals surface area contributed by atoms with Gasteiger partial charge >= 0.3 is 0 Å². The molecule has 0 radical (unpaired) electrons. The lowest BCUT2D eigenvalue weighted by molar-refractivity contribution is 0.984. The summed E-state index contributed by atoms with van der Waals surface area (Å²) in [6.07, 6.45) is 4.39. The fourth-order valence-corrected chi connectivity index (χ4v) is 1.48. The second-order valence-corrected chi connectivity index (χ2v) is 3.91. The summed E-state index contributed by atoms with van der Waals surface area (Å²) in [4.78, 5) is 12.6. The van der Waals surface area contributed by atoms with Crippen LogP contribution < -0.4 is 5.32 Å². The Morgan fingerprint density at radius 3 is 2.76 bits per heavy atom. The molecule has 2 heterocycles. The minimum absolute atomic E-state index is 0.730. The van der Waals surface area contributed by atoms with Gasteiger partial charge in [0.05, 0.1) is 0 Å². The van der Waals surface area contributed by atoms with Crippen LogP contribution in [-0.2, 0) is 13.0 Å². The molecule has 0 aliphatic rings. The number of aromatic nitrogens is 3. The third-order valence-corrected chi connectivity index (χ3v) is 2.53. The molecule has 2 aromatic rings. The van der Waals surface area contributed by atoms with Gasteiger partial charge in [-0.1, -0.05) is 13.0 Å². The van der Waals surface area contributed by atoms with Crippen LogP contribution in [0.25, 0.3) is 0 Å². The van der Waals surface area contributed by atoms with E-state index < -0.39 is 0 Å². The van der Waals surface area contributed by atoms with E-state index >= 15 is 0 Å². The Kier molecular flexibility index (Phi) is 3.65. The van der Waals surface area contributed by atoms with Gasteiger partial charge in [-0.2, -0.15) is 0 Å². The Balaban J connectivity index is 1.99. The minimum Gasteiger partial charge on any atom is -0.366 e. The zero-order valence-corrected chi connectivity index (χ0v) is 10.1. The lowest BCUT2D eigenvalue weighted by Gasteiger charge is -2.06. The summed E-state index contributed by atoms with van der Waals surface area (Å²) in [5.41, 5.74) is 3.22. The van der Waals surface area contributed by atoms with Crippen LogP contribution in [0.4, 0.5) is 5.82 Å². The smallest absolute Gasteiger partial charge is 0.129 e. The quantitative estimate of drug-likeness (QED) is 0.872. The third-order valence-electron chi connectivity index (χ3n) is 2.53. The van der Waals surface area contributed by atoms with Crippen molar-refractivity contribution < 1.29 is 0 Å². The predicted molar refractivity (Wildman–Crippen MR) is 67.7 cm³/mol. The summed E-state index contributed by atoms with van der Waals surface area (Å²) < 4.78 is 0. The highest BCUT2D eigenvalue weighted by Gasteiger charge is 1.97. The van der Waals surface area contributed by atoms with E-state index in [0.29, 0.717) is 0 Å². The van der Waals surface area contributed by atoms with Crippen molar-refractivity contribution in [3.05, 3.63) is 47.7 Å². The summed E-state index contributed by atoms with van der Waals surface area (Å²) in [6, 6.07) is 6.05. The van der Waals surface area contributed by atoms with Crippen molar-refractivity contribution in [2.24, 2.45) is 0 Å². The molecule has 1 N–H and O–H groups in total. The summed E-state index contributed by atoms with van der Waals surface area (Å²) >= 11 is 0. The normalized spacial score (nSPS) is 10.2. The maximum absolute atomic E-state index is 4.25. The zero-order valence-electron chi connectivity index (χ0n) is 10.1. The third kappa shape index (κ3) is 3.24. The van der Waals surface area contributed by atoms with Gasteiger partial charge in [-0.3, -0.25) is 4.98 Å². The number of pyridine rings is 1. The van der Waals surface area contributed by atoms with E-state index in [0.717, 1.165) is 35.7 Å². The average molecular weight is 228 g/mol. The van der Waals surface area contributed by atoms with Crippen molar-refractivity contribution in [2.45, 2.75) is 26.8 Å². The van der Waals surface area contributed by atoms with E-state index in [1.54, 1.807) is 6.33 Å². The number of aryl methyl sites for hydroxylation is 2. The van der Waals surface area contributed by atoms with Crippen LogP contribution in [0.1, 0.15) is 23.9 Å². The van der Waals surface area contributed by atoms with Crippen LogP contribution in [0, 0.1) is 6.92 Å². The SMILES string of the molecule is CCc1cc(NCc2ccc(C)nc2)ncn1. The molecule has 0 bridgehead atoms. The molecule has 4 heteroatoms. The van der Waals surface area contributed by atoms with Gasteiger partial charge in [0.15, 0.2) is 0 Å². The van der Waals surface area contributed by atoms with E-state index in [4.69, 9.17) is 0 Å². The molecule has 0 unspecified atom stereocenters. The van der Waals surface area contributed by atoms with Crippen molar-refractivity contribution in [3.63, 3.8) is 0 Å². The maximum Gasteiger partial charge on any atom is 0.129 e. The highest BCUT2D eigenvalue weighted by Crippen LogP contribution is 2.07. The van der Waals surface area contributed by atoms with Crippen LogP contribution in [0.2, 0.25) is 0 Å². The first-order chi connectivity index (χ1) is 8.28. The van der Waals surface area contributed by atoms with Crippen molar-refractivity contribution >= 4 is 5.82 Å². The topological polar surface area (TPSA) is 50.7 Å². The number of hydrogen-bond acceptors (Lipinski definition) is 4. The standard InChI is InChI=1S/C13H16N4/c1-3-12-6-13(17-9-16-12)15-8-11-5-4-10(2)14-7-11/h4-7,9H,3,8H2,1-2H3,(H,15,16,17). The predicted octanol–water partition coefficient (Wildman–Crippen LogP) is 2.35. The lowest BCUT2D eigenvalue weighted by atomic mass is 10.2. The van der Waals surface area contributed by atoms with Gasteiger partial charge in [0, 0.05) is 30.2 Å². The van der Waals surface area contributed by atoms with E-state index in [2.05, 4.69) is 33.3 Å². The highest BCUT2D eigenvalue weighted by atomic mass is 15.0. The number of anilines is 1. The number of rotatable bonds is 4. The van der Waals surface area contributed by atoms with Crippen molar-refractivity contribution in [3.8, 4) is 0 Å². The molecule has 0 aromatic carbocycles. The fourth-order valence-electron chi connectivity index (χ4n) is 1.48. The molecular weight excluding hydrogens is 212 g/mol. The summed E-state index contributed by atoms with van der Waals surface area (Å²) in [5, 5.41) is 3.26. The Morgan fingerprint density at radius 2 is 2.06 bits per heavy atom. The Bertz CT molecular complexity index is 479. The minimum atomic E-state index is 0.730. The van der Waals surface area contributed by atoms with Crippen LogP contribution in [-0.4, -0.2) is 15.0 Å². The molecule has 0 amide bonds. The van der Waals surface area contributed by atoms with Gasteiger partial charge in [0.1, 0.15) is 12.1 Å². The van der Waals surface area contributed by atoms with Crippen LogP contribution in [0.5, 0.6) is 0 Å². The van der Waals surface area contributed by atoms with E-state index in [-0.39, 0.29) is 0 Å².